The predicted molar refractivity (Wildman–Crippen MR) is 94.3 cm³/mol. The van der Waals surface area contributed by atoms with Gasteiger partial charge in [0.15, 0.2) is 5.82 Å². The lowest BCUT2D eigenvalue weighted by Gasteiger charge is -2.24. The average molecular weight is 344 g/mol. The Labute approximate surface area is 146 Å². The molecule has 4 heterocycles. The van der Waals surface area contributed by atoms with Crippen molar-refractivity contribution < 1.29 is 4.79 Å². The van der Waals surface area contributed by atoms with E-state index in [1.165, 1.54) is 24.1 Å². The summed E-state index contributed by atoms with van der Waals surface area (Å²) in [6.07, 6.45) is 7.67. The van der Waals surface area contributed by atoms with Gasteiger partial charge in [-0.15, -0.1) is 21.5 Å². The van der Waals surface area contributed by atoms with E-state index in [-0.39, 0.29) is 11.9 Å². The number of fused-ring (bicyclic) bond motifs is 1. The second-order valence-electron chi connectivity index (χ2n) is 6.71. The van der Waals surface area contributed by atoms with E-state index in [1.807, 2.05) is 11.0 Å². The molecular weight excluding hydrogens is 320 g/mol. The molecule has 0 bridgehead atoms. The number of rotatable bonds is 3. The van der Waals surface area contributed by atoms with E-state index in [0.29, 0.717) is 0 Å². The SMILES string of the molecule is CCc1ccc(C(=O)N2CCCC2c2nnc3n2CCCCC3)s1. The fraction of sp³-hybridized carbons (Fsp3) is 0.611. The van der Waals surface area contributed by atoms with Crippen molar-refractivity contribution in [3.63, 3.8) is 0 Å². The molecule has 0 N–H and O–H groups in total. The van der Waals surface area contributed by atoms with Crippen LogP contribution in [0.4, 0.5) is 0 Å². The fourth-order valence-electron chi connectivity index (χ4n) is 3.86. The van der Waals surface area contributed by atoms with Gasteiger partial charge in [0.1, 0.15) is 5.82 Å². The minimum absolute atomic E-state index is 0.0871. The predicted octanol–water partition coefficient (Wildman–Crippen LogP) is 3.61. The molecule has 2 aliphatic rings. The molecule has 2 aromatic heterocycles. The lowest BCUT2D eigenvalue weighted by Crippen LogP contribution is -2.31. The van der Waals surface area contributed by atoms with Gasteiger partial charge < -0.3 is 9.47 Å². The van der Waals surface area contributed by atoms with E-state index in [9.17, 15) is 4.79 Å². The normalized spacial score (nSPS) is 20.9. The summed E-state index contributed by atoms with van der Waals surface area (Å²) in [5.41, 5.74) is 0. The van der Waals surface area contributed by atoms with Crippen LogP contribution in [-0.2, 0) is 19.4 Å². The van der Waals surface area contributed by atoms with Crippen LogP contribution in [0.2, 0.25) is 0 Å². The molecule has 4 rings (SSSR count). The highest BCUT2D eigenvalue weighted by Gasteiger charge is 2.35. The van der Waals surface area contributed by atoms with Crippen molar-refractivity contribution in [2.45, 2.75) is 64.5 Å². The number of aromatic nitrogens is 3. The largest absolute Gasteiger partial charge is 0.328 e. The lowest BCUT2D eigenvalue weighted by atomic mass is 10.2. The standard InChI is InChI=1S/C18H24N4OS/c1-2-13-9-10-15(24-13)18(23)21-12-6-7-14(21)17-20-19-16-8-4-3-5-11-22(16)17/h9-10,14H,2-8,11-12H2,1H3. The smallest absolute Gasteiger partial charge is 0.264 e. The number of aryl methyl sites for hydroxylation is 2. The van der Waals surface area contributed by atoms with Crippen molar-refractivity contribution in [2.24, 2.45) is 0 Å². The van der Waals surface area contributed by atoms with Crippen molar-refractivity contribution in [3.05, 3.63) is 33.5 Å². The van der Waals surface area contributed by atoms with Gasteiger partial charge in [-0.05, 0) is 44.2 Å². The molecule has 0 radical (unpaired) electrons. The van der Waals surface area contributed by atoms with Gasteiger partial charge >= 0.3 is 0 Å². The van der Waals surface area contributed by atoms with Gasteiger partial charge in [0.2, 0.25) is 0 Å². The number of nitrogens with zero attached hydrogens (tertiary/aromatic N) is 4. The number of likely N-dealkylation sites (tertiary alicyclic amines) is 1. The molecule has 128 valence electrons. The van der Waals surface area contributed by atoms with Gasteiger partial charge in [-0.25, -0.2) is 0 Å². The third-order valence-corrected chi connectivity index (χ3v) is 6.39. The molecule has 24 heavy (non-hydrogen) atoms. The molecule has 1 saturated heterocycles. The maximum Gasteiger partial charge on any atom is 0.264 e. The molecule has 0 aromatic carbocycles. The molecule has 5 nitrogen and oxygen atoms in total. The zero-order chi connectivity index (χ0) is 16.5. The van der Waals surface area contributed by atoms with E-state index in [0.717, 1.165) is 55.3 Å². The van der Waals surface area contributed by atoms with Crippen molar-refractivity contribution in [2.75, 3.05) is 6.54 Å². The number of hydrogen-bond donors (Lipinski definition) is 0. The minimum atomic E-state index is 0.0871. The first kappa shape index (κ1) is 15.8. The van der Waals surface area contributed by atoms with E-state index in [4.69, 9.17) is 0 Å². The molecule has 0 spiro atoms. The second-order valence-corrected chi connectivity index (χ2v) is 7.88. The van der Waals surface area contributed by atoms with Crippen LogP contribution in [0, 0.1) is 0 Å². The summed E-state index contributed by atoms with van der Waals surface area (Å²) in [5.74, 6) is 2.27. The first-order valence-corrected chi connectivity index (χ1v) is 9.91. The van der Waals surface area contributed by atoms with Gasteiger partial charge in [0, 0.05) is 24.4 Å². The molecular formula is C18H24N4OS. The van der Waals surface area contributed by atoms with E-state index in [2.05, 4.69) is 27.8 Å². The molecule has 6 heteroatoms. The second kappa shape index (κ2) is 6.67. The van der Waals surface area contributed by atoms with Crippen LogP contribution in [0.25, 0.3) is 0 Å². The summed E-state index contributed by atoms with van der Waals surface area (Å²) < 4.78 is 2.29. The first-order chi connectivity index (χ1) is 11.8. The minimum Gasteiger partial charge on any atom is -0.328 e. The molecule has 0 aliphatic carbocycles. The highest BCUT2D eigenvalue weighted by atomic mass is 32.1. The van der Waals surface area contributed by atoms with E-state index < -0.39 is 0 Å². The molecule has 0 saturated carbocycles. The van der Waals surface area contributed by atoms with Crippen LogP contribution in [0.5, 0.6) is 0 Å². The molecule has 2 aromatic rings. The van der Waals surface area contributed by atoms with Gasteiger partial charge in [-0.1, -0.05) is 13.3 Å². The topological polar surface area (TPSA) is 51.0 Å². The summed E-state index contributed by atoms with van der Waals surface area (Å²) in [7, 11) is 0. The van der Waals surface area contributed by atoms with Crippen molar-refractivity contribution in [1.82, 2.24) is 19.7 Å². The summed E-state index contributed by atoms with van der Waals surface area (Å²) in [6.45, 7) is 3.95. The Morgan fingerprint density at radius 2 is 2.12 bits per heavy atom. The quantitative estimate of drug-likeness (QED) is 0.855. The third-order valence-electron chi connectivity index (χ3n) is 5.17. The van der Waals surface area contributed by atoms with E-state index >= 15 is 0 Å². The van der Waals surface area contributed by atoms with Crippen molar-refractivity contribution in [1.29, 1.82) is 0 Å². The van der Waals surface area contributed by atoms with Crippen LogP contribution in [0.3, 0.4) is 0 Å². The van der Waals surface area contributed by atoms with Crippen LogP contribution in [-0.4, -0.2) is 32.1 Å². The van der Waals surface area contributed by atoms with Crippen molar-refractivity contribution in [3.8, 4) is 0 Å². The van der Waals surface area contributed by atoms with Gasteiger partial charge in [0.25, 0.3) is 5.91 Å². The third kappa shape index (κ3) is 2.77. The number of amides is 1. The summed E-state index contributed by atoms with van der Waals surface area (Å²) in [4.78, 5) is 17.1. The Morgan fingerprint density at radius 3 is 2.96 bits per heavy atom. The van der Waals surface area contributed by atoms with E-state index in [1.54, 1.807) is 11.3 Å². The molecule has 1 amide bonds. The van der Waals surface area contributed by atoms with Crippen LogP contribution in [0.1, 0.15) is 71.3 Å². The highest BCUT2D eigenvalue weighted by Crippen LogP contribution is 2.34. The zero-order valence-electron chi connectivity index (χ0n) is 14.2. The van der Waals surface area contributed by atoms with Crippen LogP contribution < -0.4 is 0 Å². The summed E-state index contributed by atoms with van der Waals surface area (Å²) >= 11 is 1.63. The Bertz CT molecular complexity index is 735. The number of thiophene rings is 1. The zero-order valence-corrected chi connectivity index (χ0v) is 15.0. The first-order valence-electron chi connectivity index (χ1n) is 9.09. The average Bonchev–Trinajstić information content (AvgIpc) is 3.30. The Hall–Kier alpha value is -1.69. The Balaban J connectivity index is 1.61. The molecule has 2 aliphatic heterocycles. The van der Waals surface area contributed by atoms with Crippen LogP contribution in [0.15, 0.2) is 12.1 Å². The summed E-state index contributed by atoms with van der Waals surface area (Å²) in [6, 6.07) is 4.14. The Morgan fingerprint density at radius 1 is 1.21 bits per heavy atom. The maximum atomic E-state index is 13.0. The maximum absolute atomic E-state index is 13.0. The highest BCUT2D eigenvalue weighted by molar-refractivity contribution is 7.14. The van der Waals surface area contributed by atoms with Crippen molar-refractivity contribution >= 4 is 17.2 Å². The monoisotopic (exact) mass is 344 g/mol. The number of carbonyl (C=O) groups excluding carboxylic acids is 1. The fourth-order valence-corrected chi connectivity index (χ4v) is 4.76. The lowest BCUT2D eigenvalue weighted by molar-refractivity contribution is 0.0732. The van der Waals surface area contributed by atoms with Crippen LogP contribution >= 0.6 is 11.3 Å². The Kier molecular flexibility index (Phi) is 4.39. The van der Waals surface area contributed by atoms with Gasteiger partial charge in [-0.2, -0.15) is 0 Å². The number of hydrogen-bond acceptors (Lipinski definition) is 4. The molecule has 1 unspecified atom stereocenters. The van der Waals surface area contributed by atoms with Gasteiger partial charge in [0.05, 0.1) is 10.9 Å². The molecule has 1 fully saturated rings. The van der Waals surface area contributed by atoms with Gasteiger partial charge in [-0.3, -0.25) is 4.79 Å². The molecule has 1 atom stereocenters. The summed E-state index contributed by atoms with van der Waals surface area (Å²) in [5, 5.41) is 8.91. The number of carbonyl (C=O) groups is 1.